The topological polar surface area (TPSA) is 113 Å². The molecule has 0 atom stereocenters. The Morgan fingerprint density at radius 3 is 2.57 bits per heavy atom. The van der Waals surface area contributed by atoms with Gasteiger partial charge in [0.15, 0.2) is 18.1 Å². The Bertz CT molecular complexity index is 1320. The lowest BCUT2D eigenvalue weighted by Crippen LogP contribution is -2.20. The minimum Gasteiger partial charge on any atom is -0.493 e. The lowest BCUT2D eigenvalue weighted by Gasteiger charge is -2.13. The summed E-state index contributed by atoms with van der Waals surface area (Å²) in [5.41, 5.74) is 4.45. The zero-order chi connectivity index (χ0) is 25.4. The number of nitrogens with zero attached hydrogens (tertiary/aromatic N) is 2. The number of hydrazone groups is 1. The van der Waals surface area contributed by atoms with Gasteiger partial charge in [0.2, 0.25) is 0 Å². The van der Waals surface area contributed by atoms with Gasteiger partial charge in [-0.3, -0.25) is 9.59 Å². The van der Waals surface area contributed by atoms with Gasteiger partial charge < -0.3 is 14.8 Å². The third-order valence-electron chi connectivity index (χ3n) is 4.66. The van der Waals surface area contributed by atoms with Crippen LogP contribution in [0.3, 0.4) is 0 Å². The molecule has 0 saturated carbocycles. The molecule has 0 aliphatic rings. The first-order valence-corrected chi connectivity index (χ1v) is 11.3. The van der Waals surface area contributed by atoms with Crippen LogP contribution in [-0.4, -0.2) is 31.7 Å². The van der Waals surface area contributed by atoms with Gasteiger partial charge in [-0.2, -0.15) is 10.4 Å². The van der Waals surface area contributed by atoms with E-state index in [9.17, 15) is 14.0 Å². The van der Waals surface area contributed by atoms with E-state index in [1.165, 1.54) is 25.5 Å². The summed E-state index contributed by atoms with van der Waals surface area (Å²) in [6.45, 7) is 1.74. The third-order valence-corrected chi connectivity index (χ3v) is 5.46. The van der Waals surface area contributed by atoms with Gasteiger partial charge in [0.25, 0.3) is 11.8 Å². The Hall–Kier alpha value is -3.98. The van der Waals surface area contributed by atoms with E-state index < -0.39 is 11.7 Å². The molecule has 10 heteroatoms. The fourth-order valence-corrected chi connectivity index (χ4v) is 3.70. The summed E-state index contributed by atoms with van der Waals surface area (Å²) in [7, 11) is 1.46. The smallest absolute Gasteiger partial charge is 0.274 e. The van der Waals surface area contributed by atoms with Crippen LogP contribution in [-0.2, 0) is 4.79 Å². The molecule has 0 spiro atoms. The average Bonchev–Trinajstić information content (AvgIpc) is 2.84. The van der Waals surface area contributed by atoms with Gasteiger partial charge in [-0.25, -0.2) is 9.82 Å². The Labute approximate surface area is 214 Å². The van der Waals surface area contributed by atoms with Gasteiger partial charge in [0, 0.05) is 5.69 Å². The highest BCUT2D eigenvalue weighted by Crippen LogP contribution is 2.33. The summed E-state index contributed by atoms with van der Waals surface area (Å²) in [5, 5.41) is 15.4. The highest BCUT2D eigenvalue weighted by molar-refractivity contribution is 14.1. The number of amides is 2. The molecule has 0 heterocycles. The molecule has 0 aliphatic carbocycles. The first-order valence-electron chi connectivity index (χ1n) is 10.2. The van der Waals surface area contributed by atoms with Crippen molar-refractivity contribution in [3.8, 4) is 17.6 Å². The number of rotatable bonds is 8. The van der Waals surface area contributed by atoms with Crippen molar-refractivity contribution in [1.29, 1.82) is 5.26 Å². The van der Waals surface area contributed by atoms with Gasteiger partial charge in [-0.05, 0) is 77.5 Å². The van der Waals surface area contributed by atoms with Crippen molar-refractivity contribution in [1.82, 2.24) is 5.43 Å². The van der Waals surface area contributed by atoms with E-state index in [2.05, 4.69) is 15.8 Å². The van der Waals surface area contributed by atoms with E-state index >= 15 is 0 Å². The van der Waals surface area contributed by atoms with Crippen molar-refractivity contribution in [3.63, 3.8) is 0 Å². The predicted molar refractivity (Wildman–Crippen MR) is 137 cm³/mol. The first-order chi connectivity index (χ1) is 16.8. The molecule has 2 amide bonds. The molecule has 0 aliphatic heterocycles. The van der Waals surface area contributed by atoms with Gasteiger partial charge in [0.1, 0.15) is 5.82 Å². The van der Waals surface area contributed by atoms with E-state index in [-0.39, 0.29) is 23.6 Å². The number of carbonyl (C=O) groups excluding carboxylic acids is 2. The summed E-state index contributed by atoms with van der Waals surface area (Å²) < 4.78 is 25.7. The second-order valence-electron chi connectivity index (χ2n) is 7.24. The van der Waals surface area contributed by atoms with Gasteiger partial charge >= 0.3 is 0 Å². The number of aryl methyl sites for hydroxylation is 1. The summed E-state index contributed by atoms with van der Waals surface area (Å²) >= 11 is 2.03. The fourth-order valence-electron chi connectivity index (χ4n) is 2.92. The number of ether oxygens (including phenoxy) is 2. The summed E-state index contributed by atoms with van der Waals surface area (Å²) in [4.78, 5) is 24.4. The van der Waals surface area contributed by atoms with E-state index in [1.807, 2.05) is 41.6 Å². The van der Waals surface area contributed by atoms with E-state index in [0.717, 1.165) is 11.6 Å². The summed E-state index contributed by atoms with van der Waals surface area (Å²) in [5.74, 6) is -1.15. The number of nitriles is 1. The van der Waals surface area contributed by atoms with Crippen molar-refractivity contribution in [2.45, 2.75) is 6.92 Å². The zero-order valence-electron chi connectivity index (χ0n) is 18.8. The third kappa shape index (κ3) is 7.00. The second kappa shape index (κ2) is 11.9. The fraction of sp³-hybridized carbons (Fsp3) is 0.120. The van der Waals surface area contributed by atoms with Crippen LogP contribution in [0.2, 0.25) is 0 Å². The van der Waals surface area contributed by atoms with Crippen LogP contribution < -0.4 is 20.2 Å². The number of hydrogen-bond acceptors (Lipinski definition) is 6. The molecule has 3 rings (SSSR count). The molecular formula is C25H20FIN4O4. The Morgan fingerprint density at radius 2 is 1.91 bits per heavy atom. The van der Waals surface area contributed by atoms with Gasteiger partial charge in [-0.15, -0.1) is 0 Å². The number of hydrogen-bond donors (Lipinski definition) is 2. The number of anilines is 1. The quantitative estimate of drug-likeness (QED) is 0.231. The number of nitrogens with one attached hydrogen (secondary N) is 2. The average molecular weight is 586 g/mol. The van der Waals surface area contributed by atoms with Crippen LogP contribution in [0.5, 0.6) is 11.5 Å². The van der Waals surface area contributed by atoms with Crippen molar-refractivity contribution in [2.75, 3.05) is 19.0 Å². The molecule has 0 radical (unpaired) electrons. The summed E-state index contributed by atoms with van der Waals surface area (Å²) in [6, 6.07) is 16.1. The van der Waals surface area contributed by atoms with Crippen molar-refractivity contribution < 1.29 is 23.5 Å². The second-order valence-corrected chi connectivity index (χ2v) is 8.40. The minimum absolute atomic E-state index is 0.110. The highest BCUT2D eigenvalue weighted by atomic mass is 127. The van der Waals surface area contributed by atoms with Crippen LogP contribution in [0.1, 0.15) is 27.0 Å². The van der Waals surface area contributed by atoms with Crippen molar-refractivity contribution >= 4 is 46.3 Å². The zero-order valence-corrected chi connectivity index (χ0v) is 20.9. The van der Waals surface area contributed by atoms with Gasteiger partial charge in [0.05, 0.1) is 34.1 Å². The first kappa shape index (κ1) is 25.6. The van der Waals surface area contributed by atoms with Crippen LogP contribution in [0.15, 0.2) is 59.7 Å². The van der Waals surface area contributed by atoms with E-state index in [4.69, 9.17) is 14.7 Å². The minimum atomic E-state index is -0.819. The van der Waals surface area contributed by atoms with Crippen LogP contribution >= 0.6 is 22.6 Å². The van der Waals surface area contributed by atoms with Crippen molar-refractivity contribution in [2.24, 2.45) is 5.10 Å². The van der Waals surface area contributed by atoms with Gasteiger partial charge in [-0.1, -0.05) is 17.7 Å². The summed E-state index contributed by atoms with van der Waals surface area (Å²) in [6.07, 6.45) is 1.36. The molecular weight excluding hydrogens is 566 g/mol. The van der Waals surface area contributed by atoms with Crippen LogP contribution in [0.4, 0.5) is 10.1 Å². The number of benzene rings is 3. The lowest BCUT2D eigenvalue weighted by molar-refractivity contribution is -0.118. The molecule has 178 valence electrons. The maximum atomic E-state index is 14.0. The van der Waals surface area contributed by atoms with Crippen LogP contribution in [0.25, 0.3) is 0 Å². The molecule has 35 heavy (non-hydrogen) atoms. The van der Waals surface area contributed by atoms with Crippen LogP contribution in [0, 0.1) is 27.6 Å². The molecule has 0 aromatic heterocycles. The Kier molecular flexibility index (Phi) is 8.74. The predicted octanol–water partition coefficient (Wildman–Crippen LogP) is 4.40. The molecule has 0 fully saturated rings. The van der Waals surface area contributed by atoms with Crippen molar-refractivity contribution in [3.05, 3.63) is 86.2 Å². The molecule has 0 unspecified atom stereocenters. The number of carbonyl (C=O) groups is 2. The Balaban J connectivity index is 1.64. The molecule has 3 aromatic rings. The molecule has 3 aromatic carbocycles. The van der Waals surface area contributed by atoms with E-state index in [1.54, 1.807) is 30.3 Å². The standard InChI is InChI=1S/C25H20FIN4O4/c1-15-3-6-18(7-4-15)30-23(32)14-35-24-21(27)10-17(11-22(24)34-2)13-29-31-25(33)19-8-5-16(12-28)9-20(19)26/h3-11,13H,14H2,1-2H3,(H,30,32)(H,31,33)/b29-13-. The Morgan fingerprint density at radius 1 is 1.17 bits per heavy atom. The number of methoxy groups -OCH3 is 1. The SMILES string of the molecule is COc1cc(/C=N\NC(=O)c2ccc(C#N)cc2F)cc(I)c1OCC(=O)Nc1ccc(C)cc1. The highest BCUT2D eigenvalue weighted by Gasteiger charge is 2.14. The molecule has 0 bridgehead atoms. The maximum Gasteiger partial charge on any atom is 0.274 e. The molecule has 8 nitrogen and oxygen atoms in total. The molecule has 0 saturated heterocycles. The number of halogens is 2. The van der Waals surface area contributed by atoms with E-state index in [0.29, 0.717) is 26.3 Å². The normalized spacial score (nSPS) is 10.5. The maximum absolute atomic E-state index is 14.0. The molecule has 2 N–H and O–H groups in total. The largest absolute Gasteiger partial charge is 0.493 e. The monoisotopic (exact) mass is 586 g/mol. The lowest BCUT2D eigenvalue weighted by atomic mass is 10.1.